The quantitative estimate of drug-likeness (QED) is 0.123. The molecule has 56 heavy (non-hydrogen) atoms. The van der Waals surface area contributed by atoms with Crippen molar-refractivity contribution in [2.24, 2.45) is 0 Å². The maximum atomic E-state index is 6.48. The van der Waals surface area contributed by atoms with Crippen LogP contribution in [0.15, 0.2) is 144 Å². The summed E-state index contributed by atoms with van der Waals surface area (Å²) in [5, 5.41) is 5.80. The molecular formula is C49H41IrN3O2Si-2. The molecule has 5 nitrogen and oxygen atoms in total. The van der Waals surface area contributed by atoms with Gasteiger partial charge in [0.25, 0.3) is 0 Å². The number of methoxy groups -OCH3 is 1. The third-order valence-corrected chi connectivity index (χ3v) is 11.9. The topological polar surface area (TPSA) is 61.0 Å². The van der Waals surface area contributed by atoms with Crippen molar-refractivity contribution < 1.29 is 29.3 Å². The Hall–Kier alpha value is -5.72. The molecule has 9 aromatic rings. The van der Waals surface area contributed by atoms with E-state index in [0.29, 0.717) is 0 Å². The Bertz CT molecular complexity index is 2800. The fourth-order valence-corrected chi connectivity index (χ4v) is 8.03. The van der Waals surface area contributed by atoms with Crippen molar-refractivity contribution in [2.45, 2.75) is 33.5 Å². The number of aryl methyl sites for hydroxylation is 2. The zero-order chi connectivity index (χ0) is 38.1. The minimum absolute atomic E-state index is 0. The largest absolute Gasteiger partial charge is 0.516 e. The molecule has 0 saturated carbocycles. The van der Waals surface area contributed by atoms with Gasteiger partial charge in [-0.25, -0.2) is 0 Å². The van der Waals surface area contributed by atoms with Gasteiger partial charge in [0.15, 0.2) is 0 Å². The van der Waals surface area contributed by atoms with E-state index in [0.717, 1.165) is 89.1 Å². The number of pyridine rings is 3. The molecule has 0 aliphatic carbocycles. The average Bonchev–Trinajstić information content (AvgIpc) is 3.60. The predicted molar refractivity (Wildman–Crippen MR) is 229 cm³/mol. The van der Waals surface area contributed by atoms with Gasteiger partial charge >= 0.3 is 0 Å². The summed E-state index contributed by atoms with van der Waals surface area (Å²) >= 11 is 0. The molecule has 4 heterocycles. The van der Waals surface area contributed by atoms with Crippen LogP contribution in [0.4, 0.5) is 0 Å². The number of hydrogen-bond donors (Lipinski definition) is 0. The van der Waals surface area contributed by atoms with Crippen molar-refractivity contribution in [2.75, 3.05) is 7.11 Å². The van der Waals surface area contributed by atoms with E-state index in [9.17, 15) is 0 Å². The molecule has 0 bridgehead atoms. The maximum absolute atomic E-state index is 6.48. The molecular weight excluding hydrogens is 883 g/mol. The second kappa shape index (κ2) is 16.2. The summed E-state index contributed by atoms with van der Waals surface area (Å²) in [7, 11) is 0.395. The molecule has 5 aromatic carbocycles. The first-order valence-electron chi connectivity index (χ1n) is 18.4. The van der Waals surface area contributed by atoms with E-state index in [4.69, 9.17) is 14.1 Å². The monoisotopic (exact) mass is 924 g/mol. The van der Waals surface area contributed by atoms with E-state index < -0.39 is 8.07 Å². The molecule has 1 radical (unpaired) electrons. The van der Waals surface area contributed by atoms with Crippen LogP contribution in [0.2, 0.25) is 19.6 Å². The molecule has 9 rings (SSSR count). The number of aromatic nitrogens is 3. The third kappa shape index (κ3) is 7.98. The Balaban J connectivity index is 0.000000214. The first-order valence-corrected chi connectivity index (χ1v) is 21.9. The molecule has 7 heteroatoms. The SMILES string of the molecule is COc1cc[c-]c(-c2ccc([Si](C)(C)C)cn2)c1.Cc1cc(-c2cccc(-c3c[c-]c(-c4cc5ccccc5cn4)c4oc5ccccc5c34)c2)cc(C)n1.[Ir]. The smallest absolute Gasteiger partial charge is 0.120 e. The van der Waals surface area contributed by atoms with E-state index in [2.05, 4.69) is 133 Å². The number of rotatable bonds is 6. The second-order valence-corrected chi connectivity index (χ2v) is 19.9. The Morgan fingerprint density at radius 3 is 2.14 bits per heavy atom. The second-order valence-electron chi connectivity index (χ2n) is 14.8. The summed E-state index contributed by atoms with van der Waals surface area (Å²) in [6, 6.07) is 50.3. The van der Waals surface area contributed by atoms with Crippen molar-refractivity contribution in [1.29, 1.82) is 0 Å². The standard InChI is InChI=1S/C34H23N2O.C15H18NOSi.Ir/c1-21-16-27(17-22(2)36-21)23-10-7-11-25(18-23)28-14-15-29(31-19-24-8-3-4-9-26(24)20-35-31)34-33(28)30-12-5-6-13-32(30)37-34;1-17-13-7-5-6-12(10-13)15-9-8-14(11-16-15)18(2,3)4;/h3-14,16-20H,1-2H3;5,7-11H,1-4H3;/q2*-1;. The van der Waals surface area contributed by atoms with Gasteiger partial charge in [-0.3, -0.25) is 4.98 Å². The first-order chi connectivity index (χ1) is 26.6. The predicted octanol–water partition coefficient (Wildman–Crippen LogP) is 12.0. The molecule has 279 valence electrons. The van der Waals surface area contributed by atoms with E-state index in [-0.39, 0.29) is 20.1 Å². The number of fused-ring (bicyclic) bond motifs is 4. The van der Waals surface area contributed by atoms with E-state index in [1.807, 2.05) is 62.6 Å². The summed E-state index contributed by atoms with van der Waals surface area (Å²) in [5.74, 6) is 0.833. The number of para-hydroxylation sites is 1. The molecule has 4 aromatic heterocycles. The Labute approximate surface area is 342 Å². The maximum Gasteiger partial charge on any atom is 0.120 e. The molecule has 0 fully saturated rings. The van der Waals surface area contributed by atoms with Crippen molar-refractivity contribution in [3.63, 3.8) is 0 Å². The van der Waals surface area contributed by atoms with Crippen LogP contribution in [0.5, 0.6) is 5.75 Å². The Kier molecular flexibility index (Phi) is 11.1. The fraction of sp³-hybridized carbons (Fsp3) is 0.122. The van der Waals surface area contributed by atoms with Crippen LogP contribution in [-0.2, 0) is 20.1 Å². The molecule has 0 aliphatic rings. The van der Waals surface area contributed by atoms with E-state index >= 15 is 0 Å². The van der Waals surface area contributed by atoms with Gasteiger partial charge in [0.1, 0.15) is 5.58 Å². The molecule has 0 aliphatic heterocycles. The number of furan rings is 1. The van der Waals surface area contributed by atoms with Gasteiger partial charge < -0.3 is 19.1 Å². The number of nitrogens with zero attached hydrogens (tertiary/aromatic N) is 3. The molecule has 0 amide bonds. The Morgan fingerprint density at radius 1 is 0.661 bits per heavy atom. The van der Waals surface area contributed by atoms with Crippen LogP contribution in [0.3, 0.4) is 0 Å². The fourth-order valence-electron chi connectivity index (χ4n) is 6.99. The van der Waals surface area contributed by atoms with Gasteiger partial charge in [-0.05, 0) is 75.9 Å². The third-order valence-electron chi connectivity index (χ3n) is 9.84. The molecule has 0 saturated heterocycles. The number of hydrogen-bond acceptors (Lipinski definition) is 5. The van der Waals surface area contributed by atoms with Crippen LogP contribution >= 0.6 is 0 Å². The van der Waals surface area contributed by atoms with Gasteiger partial charge in [0.05, 0.1) is 20.8 Å². The molecule has 0 unspecified atom stereocenters. The number of ether oxygens (including phenoxy) is 1. The van der Waals surface area contributed by atoms with Crippen LogP contribution < -0.4 is 9.92 Å². The summed E-state index contributed by atoms with van der Waals surface area (Å²) in [6.07, 6.45) is 3.91. The van der Waals surface area contributed by atoms with Crippen molar-refractivity contribution >= 4 is 46.0 Å². The van der Waals surface area contributed by atoms with Gasteiger partial charge in [-0.1, -0.05) is 121 Å². The van der Waals surface area contributed by atoms with Crippen molar-refractivity contribution in [3.8, 4) is 50.5 Å². The van der Waals surface area contributed by atoms with Gasteiger partial charge in [-0.2, -0.15) is 0 Å². The van der Waals surface area contributed by atoms with Gasteiger partial charge in [-0.15, -0.1) is 42.0 Å². The number of benzene rings is 5. The molecule has 0 atom stereocenters. The first kappa shape index (κ1) is 38.5. The minimum Gasteiger partial charge on any atom is -0.516 e. The van der Waals surface area contributed by atoms with Crippen molar-refractivity contribution in [3.05, 3.63) is 163 Å². The van der Waals surface area contributed by atoms with Gasteiger partial charge in [0, 0.05) is 55.0 Å². The molecule has 0 spiro atoms. The summed E-state index contributed by atoms with van der Waals surface area (Å²) in [6.45, 7) is 11.0. The van der Waals surface area contributed by atoms with Crippen LogP contribution in [-0.4, -0.2) is 30.1 Å². The normalized spacial score (nSPS) is 11.2. The van der Waals surface area contributed by atoms with Crippen LogP contribution in [0.25, 0.3) is 77.5 Å². The summed E-state index contributed by atoms with van der Waals surface area (Å²) < 4.78 is 11.7. The van der Waals surface area contributed by atoms with E-state index in [1.165, 1.54) is 10.8 Å². The molecule has 0 N–H and O–H groups in total. The van der Waals surface area contributed by atoms with Crippen molar-refractivity contribution in [1.82, 2.24) is 15.0 Å². The van der Waals surface area contributed by atoms with Crippen LogP contribution in [0, 0.1) is 26.0 Å². The zero-order valence-electron chi connectivity index (χ0n) is 32.3. The van der Waals surface area contributed by atoms with E-state index in [1.54, 1.807) is 7.11 Å². The zero-order valence-corrected chi connectivity index (χ0v) is 35.7. The van der Waals surface area contributed by atoms with Gasteiger partial charge in [0.2, 0.25) is 0 Å². The Morgan fingerprint density at radius 2 is 1.39 bits per heavy atom. The summed E-state index contributed by atoms with van der Waals surface area (Å²) in [5.41, 5.74) is 11.9. The summed E-state index contributed by atoms with van der Waals surface area (Å²) in [4.78, 5) is 13.9. The van der Waals surface area contributed by atoms with Crippen LogP contribution in [0.1, 0.15) is 11.4 Å². The minimum atomic E-state index is -1.27. The average molecular weight is 924 g/mol.